The highest BCUT2D eigenvalue weighted by Gasteiger charge is 2.09. The summed E-state index contributed by atoms with van der Waals surface area (Å²) >= 11 is 0. The van der Waals surface area contributed by atoms with E-state index in [0.717, 1.165) is 22.3 Å². The van der Waals surface area contributed by atoms with Gasteiger partial charge < -0.3 is 0 Å². The molecule has 0 aliphatic carbocycles. The molecule has 0 N–H and O–H groups in total. The first-order valence-corrected chi connectivity index (χ1v) is 9.96. The van der Waals surface area contributed by atoms with E-state index in [1.165, 1.54) is 22.3 Å². The Morgan fingerprint density at radius 1 is 0.414 bits per heavy atom. The largest absolute Gasteiger partial charge is 0.102 e. The zero-order valence-corrected chi connectivity index (χ0v) is 16.9. The predicted molar refractivity (Wildman–Crippen MR) is 124 cm³/mol. The Labute approximate surface area is 173 Å². The van der Waals surface area contributed by atoms with Gasteiger partial charge in [-0.15, -0.1) is 5.73 Å². The molecule has 0 spiro atoms. The maximum Gasteiger partial charge on any atom is 0.0316 e. The van der Waals surface area contributed by atoms with Gasteiger partial charge in [0.2, 0.25) is 0 Å². The Bertz CT molecular complexity index is 1050. The normalized spacial score (nSPS) is 10.3. The van der Waals surface area contributed by atoms with Crippen molar-refractivity contribution in [1.82, 2.24) is 0 Å². The van der Waals surface area contributed by atoms with E-state index in [0.29, 0.717) is 0 Å². The molecule has 0 aliphatic heterocycles. The molecule has 0 heterocycles. The van der Waals surface area contributed by atoms with Gasteiger partial charge in [0.05, 0.1) is 0 Å². The topological polar surface area (TPSA) is 0 Å². The molecular formula is C29H24. The summed E-state index contributed by atoms with van der Waals surface area (Å²) in [6.07, 6.45) is 0. The molecule has 0 saturated carbocycles. The lowest BCUT2D eigenvalue weighted by Crippen LogP contribution is -1.91. The maximum atomic E-state index is 3.79. The fourth-order valence-corrected chi connectivity index (χ4v) is 3.40. The van der Waals surface area contributed by atoms with Gasteiger partial charge in [-0.05, 0) is 36.1 Å². The van der Waals surface area contributed by atoms with Crippen molar-refractivity contribution in [3.63, 3.8) is 0 Å². The van der Waals surface area contributed by atoms with Crippen LogP contribution in [0.15, 0.2) is 115 Å². The standard InChI is InChI=1S/C29H24/c1-22-13-17-26(18-14-22)28(24-9-5-3-6-10-24)21-29(25-11-7-4-8-12-25)27-19-15-23(2)16-20-27/h3-20H,1-2H3. The minimum atomic E-state index is 1.10. The van der Waals surface area contributed by atoms with Crippen molar-refractivity contribution in [1.29, 1.82) is 0 Å². The van der Waals surface area contributed by atoms with E-state index < -0.39 is 0 Å². The Balaban J connectivity index is 2.04. The van der Waals surface area contributed by atoms with Gasteiger partial charge >= 0.3 is 0 Å². The average Bonchev–Trinajstić information content (AvgIpc) is 2.77. The second-order valence-corrected chi connectivity index (χ2v) is 7.34. The van der Waals surface area contributed by atoms with Gasteiger partial charge in [0, 0.05) is 11.1 Å². The van der Waals surface area contributed by atoms with Crippen molar-refractivity contribution in [2.75, 3.05) is 0 Å². The summed E-state index contributed by atoms with van der Waals surface area (Å²) in [4.78, 5) is 0. The lowest BCUT2D eigenvalue weighted by atomic mass is 9.93. The molecule has 0 saturated heterocycles. The number of aryl methyl sites for hydroxylation is 2. The molecule has 29 heavy (non-hydrogen) atoms. The fraction of sp³-hybridized carbons (Fsp3) is 0.0690. The maximum absolute atomic E-state index is 3.79. The van der Waals surface area contributed by atoms with E-state index in [2.05, 4.69) is 129 Å². The quantitative estimate of drug-likeness (QED) is 0.326. The van der Waals surface area contributed by atoms with Crippen LogP contribution in [0, 0.1) is 13.8 Å². The molecule has 0 unspecified atom stereocenters. The van der Waals surface area contributed by atoms with Crippen LogP contribution in [-0.2, 0) is 0 Å². The zero-order valence-electron chi connectivity index (χ0n) is 16.9. The summed E-state index contributed by atoms with van der Waals surface area (Å²) in [7, 11) is 0. The van der Waals surface area contributed by atoms with E-state index in [1.54, 1.807) is 0 Å². The van der Waals surface area contributed by atoms with Crippen molar-refractivity contribution in [2.45, 2.75) is 13.8 Å². The van der Waals surface area contributed by atoms with Crippen LogP contribution in [0.3, 0.4) is 0 Å². The van der Waals surface area contributed by atoms with Gasteiger partial charge in [0.15, 0.2) is 0 Å². The van der Waals surface area contributed by atoms with E-state index in [9.17, 15) is 0 Å². The Kier molecular flexibility index (Phi) is 5.56. The van der Waals surface area contributed by atoms with Crippen molar-refractivity contribution in [3.05, 3.63) is 148 Å². The van der Waals surface area contributed by atoms with E-state index in [4.69, 9.17) is 0 Å². The van der Waals surface area contributed by atoms with Crippen LogP contribution in [0.5, 0.6) is 0 Å². The number of hydrogen-bond acceptors (Lipinski definition) is 0. The minimum absolute atomic E-state index is 1.10. The molecule has 0 nitrogen and oxygen atoms in total. The lowest BCUT2D eigenvalue weighted by molar-refractivity contribution is 1.44. The van der Waals surface area contributed by atoms with Crippen LogP contribution in [-0.4, -0.2) is 0 Å². The van der Waals surface area contributed by atoms with Crippen LogP contribution in [0.2, 0.25) is 0 Å². The van der Waals surface area contributed by atoms with E-state index in [1.807, 2.05) is 0 Å². The van der Waals surface area contributed by atoms with Crippen molar-refractivity contribution in [3.8, 4) is 0 Å². The molecule has 0 heteroatoms. The number of rotatable bonds is 4. The first-order valence-electron chi connectivity index (χ1n) is 9.96. The second kappa shape index (κ2) is 8.61. The third kappa shape index (κ3) is 4.46. The van der Waals surface area contributed by atoms with Crippen LogP contribution >= 0.6 is 0 Å². The summed E-state index contributed by atoms with van der Waals surface area (Å²) in [6, 6.07) is 38.4. The van der Waals surface area contributed by atoms with E-state index in [-0.39, 0.29) is 0 Å². The molecule has 0 fully saturated rings. The average molecular weight is 373 g/mol. The minimum Gasteiger partial charge on any atom is -0.102 e. The third-order valence-corrected chi connectivity index (χ3v) is 5.06. The molecule has 0 aliphatic rings. The van der Waals surface area contributed by atoms with Crippen LogP contribution in [0.1, 0.15) is 33.4 Å². The van der Waals surface area contributed by atoms with Crippen LogP contribution < -0.4 is 0 Å². The van der Waals surface area contributed by atoms with Gasteiger partial charge in [-0.2, -0.15) is 0 Å². The molecule has 0 bridgehead atoms. The summed E-state index contributed by atoms with van der Waals surface area (Å²) in [5.74, 6) is 0. The number of hydrogen-bond donors (Lipinski definition) is 0. The summed E-state index contributed by atoms with van der Waals surface area (Å²) in [5, 5.41) is 0. The summed E-state index contributed by atoms with van der Waals surface area (Å²) in [5.41, 5.74) is 13.2. The first-order chi connectivity index (χ1) is 14.2. The molecule has 0 amide bonds. The van der Waals surface area contributed by atoms with E-state index >= 15 is 0 Å². The SMILES string of the molecule is Cc1ccc(C(=C=C(c2ccccc2)c2ccc(C)cc2)c2ccccc2)cc1. The second-order valence-electron chi connectivity index (χ2n) is 7.34. The monoisotopic (exact) mass is 372 g/mol. The molecule has 4 aromatic carbocycles. The number of benzene rings is 4. The molecular weight excluding hydrogens is 348 g/mol. The summed E-state index contributed by atoms with van der Waals surface area (Å²) < 4.78 is 0. The highest BCUT2D eigenvalue weighted by molar-refractivity contribution is 5.88. The van der Waals surface area contributed by atoms with Crippen molar-refractivity contribution in [2.24, 2.45) is 0 Å². The predicted octanol–water partition coefficient (Wildman–Crippen LogP) is 7.47. The molecule has 0 aromatic heterocycles. The Morgan fingerprint density at radius 2 is 0.724 bits per heavy atom. The molecule has 140 valence electrons. The zero-order chi connectivity index (χ0) is 20.1. The van der Waals surface area contributed by atoms with Gasteiger partial charge in [0.25, 0.3) is 0 Å². The smallest absolute Gasteiger partial charge is 0.0316 e. The van der Waals surface area contributed by atoms with Crippen LogP contribution in [0.4, 0.5) is 0 Å². The lowest BCUT2D eigenvalue weighted by Gasteiger charge is -2.10. The molecule has 0 atom stereocenters. The van der Waals surface area contributed by atoms with Gasteiger partial charge in [0.1, 0.15) is 0 Å². The van der Waals surface area contributed by atoms with Gasteiger partial charge in [-0.3, -0.25) is 0 Å². The van der Waals surface area contributed by atoms with Crippen molar-refractivity contribution >= 4 is 11.1 Å². The third-order valence-electron chi connectivity index (χ3n) is 5.06. The van der Waals surface area contributed by atoms with Gasteiger partial charge in [-0.25, -0.2) is 0 Å². The fourth-order valence-electron chi connectivity index (χ4n) is 3.40. The van der Waals surface area contributed by atoms with Crippen molar-refractivity contribution < 1.29 is 0 Å². The highest BCUT2D eigenvalue weighted by Crippen LogP contribution is 2.28. The van der Waals surface area contributed by atoms with Crippen LogP contribution in [0.25, 0.3) is 11.1 Å². The molecule has 0 radical (unpaired) electrons. The molecule has 4 rings (SSSR count). The Hall–Kier alpha value is -3.60. The van der Waals surface area contributed by atoms with Gasteiger partial charge in [-0.1, -0.05) is 120 Å². The highest BCUT2D eigenvalue weighted by atomic mass is 14.1. The summed E-state index contributed by atoms with van der Waals surface area (Å²) in [6.45, 7) is 4.24. The first kappa shape index (κ1) is 18.7. The Morgan fingerprint density at radius 3 is 1.07 bits per heavy atom. The molecule has 4 aromatic rings.